The molecule has 3 heteroatoms. The zero-order valence-corrected chi connectivity index (χ0v) is 11.3. The second-order valence-corrected chi connectivity index (χ2v) is 4.75. The van der Waals surface area contributed by atoms with Crippen molar-refractivity contribution in [2.45, 2.75) is 26.7 Å². The number of amides is 1. The largest absolute Gasteiger partial charge is 0.484 e. The minimum absolute atomic E-state index is 0.0365. The van der Waals surface area contributed by atoms with Crippen molar-refractivity contribution in [2.75, 3.05) is 13.2 Å². The molecule has 0 atom stereocenters. The van der Waals surface area contributed by atoms with E-state index in [1.165, 1.54) is 5.56 Å². The number of carbonyl (C=O) groups is 1. The Kier molecular flexibility index (Phi) is 5.43. The van der Waals surface area contributed by atoms with E-state index in [1.54, 1.807) is 0 Å². The van der Waals surface area contributed by atoms with Crippen LogP contribution in [0.4, 0.5) is 0 Å². The van der Waals surface area contributed by atoms with Crippen LogP contribution in [0, 0.1) is 0 Å². The summed E-state index contributed by atoms with van der Waals surface area (Å²) in [7, 11) is 0. The highest BCUT2D eigenvalue weighted by Gasteiger charge is 2.04. The van der Waals surface area contributed by atoms with Crippen LogP contribution in [0.2, 0.25) is 0 Å². The van der Waals surface area contributed by atoms with E-state index in [4.69, 9.17) is 4.74 Å². The van der Waals surface area contributed by atoms with E-state index < -0.39 is 0 Å². The number of hydrogen-bond donors (Lipinski definition) is 1. The lowest BCUT2D eigenvalue weighted by molar-refractivity contribution is -0.122. The van der Waals surface area contributed by atoms with Gasteiger partial charge in [0.2, 0.25) is 0 Å². The molecule has 3 nitrogen and oxygen atoms in total. The first-order valence-electron chi connectivity index (χ1n) is 6.13. The van der Waals surface area contributed by atoms with Crippen molar-refractivity contribution in [3.8, 4) is 5.75 Å². The minimum atomic E-state index is -0.132. The van der Waals surface area contributed by atoms with Gasteiger partial charge in [-0.05, 0) is 30.5 Å². The van der Waals surface area contributed by atoms with E-state index in [9.17, 15) is 4.79 Å². The predicted molar refractivity (Wildman–Crippen MR) is 73.8 cm³/mol. The topological polar surface area (TPSA) is 38.3 Å². The van der Waals surface area contributed by atoms with Gasteiger partial charge in [-0.25, -0.2) is 0 Å². The first-order valence-corrected chi connectivity index (χ1v) is 6.13. The summed E-state index contributed by atoms with van der Waals surface area (Å²) in [4.78, 5) is 11.5. The number of ether oxygens (including phenoxy) is 1. The molecule has 0 spiro atoms. The van der Waals surface area contributed by atoms with Crippen LogP contribution in [0.15, 0.2) is 36.4 Å². The van der Waals surface area contributed by atoms with Crippen LogP contribution >= 0.6 is 0 Å². The molecule has 98 valence electrons. The molecule has 0 heterocycles. The van der Waals surface area contributed by atoms with Gasteiger partial charge in [0.05, 0.1) is 0 Å². The molecule has 1 N–H and O–H groups in total. The van der Waals surface area contributed by atoms with Crippen molar-refractivity contribution in [3.05, 3.63) is 42.0 Å². The van der Waals surface area contributed by atoms with Crippen molar-refractivity contribution in [1.82, 2.24) is 5.32 Å². The molecule has 1 amide bonds. The van der Waals surface area contributed by atoms with Gasteiger partial charge < -0.3 is 10.1 Å². The van der Waals surface area contributed by atoms with Gasteiger partial charge in [-0.1, -0.05) is 38.1 Å². The average Bonchev–Trinajstić information content (AvgIpc) is 2.34. The molecule has 0 aliphatic heterocycles. The fourth-order valence-electron chi connectivity index (χ4n) is 1.41. The van der Waals surface area contributed by atoms with Gasteiger partial charge >= 0.3 is 0 Å². The lowest BCUT2D eigenvalue weighted by Gasteiger charge is -2.10. The Hall–Kier alpha value is -1.77. The average molecular weight is 247 g/mol. The lowest BCUT2D eigenvalue weighted by Crippen LogP contribution is -2.29. The fourth-order valence-corrected chi connectivity index (χ4v) is 1.41. The lowest BCUT2D eigenvalue weighted by atomic mass is 10.0. The van der Waals surface area contributed by atoms with Crippen LogP contribution in [0.25, 0.3) is 0 Å². The molecule has 0 aliphatic rings. The summed E-state index contributed by atoms with van der Waals surface area (Å²) in [6.07, 6.45) is 0. The molecule has 0 radical (unpaired) electrons. The zero-order valence-electron chi connectivity index (χ0n) is 11.3. The molecular weight excluding hydrogens is 226 g/mol. The van der Waals surface area contributed by atoms with E-state index in [0.717, 1.165) is 11.3 Å². The van der Waals surface area contributed by atoms with Crippen molar-refractivity contribution in [3.63, 3.8) is 0 Å². The highest BCUT2D eigenvalue weighted by Crippen LogP contribution is 2.19. The summed E-state index contributed by atoms with van der Waals surface area (Å²) in [6.45, 7) is 10.4. The molecule has 1 rings (SSSR count). The third-order valence-corrected chi connectivity index (χ3v) is 2.48. The quantitative estimate of drug-likeness (QED) is 0.785. The van der Waals surface area contributed by atoms with Crippen molar-refractivity contribution < 1.29 is 9.53 Å². The molecule has 18 heavy (non-hydrogen) atoms. The van der Waals surface area contributed by atoms with Crippen LogP contribution in [-0.2, 0) is 4.79 Å². The number of rotatable bonds is 6. The second kappa shape index (κ2) is 6.84. The summed E-state index contributed by atoms with van der Waals surface area (Å²) in [5, 5.41) is 2.73. The van der Waals surface area contributed by atoms with Gasteiger partial charge in [0.1, 0.15) is 5.75 Å². The molecule has 1 aromatic rings. The summed E-state index contributed by atoms with van der Waals surface area (Å²) < 4.78 is 5.45. The number of carbonyl (C=O) groups excluding carboxylic acids is 1. The van der Waals surface area contributed by atoms with Gasteiger partial charge in [-0.2, -0.15) is 0 Å². The third-order valence-electron chi connectivity index (χ3n) is 2.48. The minimum Gasteiger partial charge on any atom is -0.484 e. The van der Waals surface area contributed by atoms with E-state index in [0.29, 0.717) is 12.5 Å². The Labute approximate surface area is 109 Å². The predicted octanol–water partition coefficient (Wildman–Crippen LogP) is 2.88. The maximum Gasteiger partial charge on any atom is 0.258 e. The van der Waals surface area contributed by atoms with Gasteiger partial charge in [-0.15, -0.1) is 0 Å². The van der Waals surface area contributed by atoms with E-state index >= 15 is 0 Å². The van der Waals surface area contributed by atoms with Gasteiger partial charge in [0, 0.05) is 6.54 Å². The van der Waals surface area contributed by atoms with Crippen LogP contribution in [0.3, 0.4) is 0 Å². The monoisotopic (exact) mass is 247 g/mol. The van der Waals surface area contributed by atoms with Crippen LogP contribution in [-0.4, -0.2) is 19.1 Å². The van der Waals surface area contributed by atoms with Gasteiger partial charge in [0.25, 0.3) is 5.91 Å². The van der Waals surface area contributed by atoms with Crippen molar-refractivity contribution in [2.24, 2.45) is 0 Å². The van der Waals surface area contributed by atoms with Crippen LogP contribution in [0.1, 0.15) is 32.3 Å². The first-order chi connectivity index (χ1) is 8.49. The normalized spacial score (nSPS) is 10.2. The molecule has 0 aliphatic carbocycles. The Bertz CT molecular complexity index is 424. The molecule has 0 fully saturated rings. The molecule has 0 saturated heterocycles. The molecule has 0 saturated carbocycles. The molecule has 0 aromatic heterocycles. The number of hydrogen-bond acceptors (Lipinski definition) is 2. The van der Waals surface area contributed by atoms with E-state index in [2.05, 4.69) is 31.8 Å². The zero-order chi connectivity index (χ0) is 13.5. The maximum absolute atomic E-state index is 11.5. The van der Waals surface area contributed by atoms with Gasteiger partial charge in [-0.3, -0.25) is 4.79 Å². The first kappa shape index (κ1) is 14.3. The highest BCUT2D eigenvalue weighted by atomic mass is 16.5. The fraction of sp³-hybridized carbons (Fsp3) is 0.400. The molecular formula is C15H21NO2. The third kappa shape index (κ3) is 5.04. The smallest absolute Gasteiger partial charge is 0.258 e. The maximum atomic E-state index is 11.5. The van der Waals surface area contributed by atoms with Crippen LogP contribution < -0.4 is 10.1 Å². The number of benzene rings is 1. The summed E-state index contributed by atoms with van der Waals surface area (Å²) in [6, 6.07) is 7.82. The summed E-state index contributed by atoms with van der Waals surface area (Å²) >= 11 is 0. The SMILES string of the molecule is C=C(C)CNC(=O)COc1cccc(C(C)C)c1. The van der Waals surface area contributed by atoms with E-state index in [-0.39, 0.29) is 12.5 Å². The summed E-state index contributed by atoms with van der Waals surface area (Å²) in [5.74, 6) is 1.05. The Morgan fingerprint density at radius 1 is 1.44 bits per heavy atom. The number of nitrogens with one attached hydrogen (secondary N) is 1. The standard InChI is InChI=1S/C15H21NO2/c1-11(2)9-16-15(17)10-18-14-7-5-6-13(8-14)12(3)4/h5-8,12H,1,9-10H2,2-4H3,(H,16,17). The Morgan fingerprint density at radius 2 is 2.17 bits per heavy atom. The molecule has 1 aromatic carbocycles. The Balaban J connectivity index is 2.45. The van der Waals surface area contributed by atoms with E-state index in [1.807, 2.05) is 25.1 Å². The Morgan fingerprint density at radius 3 is 2.78 bits per heavy atom. The van der Waals surface area contributed by atoms with Crippen molar-refractivity contribution >= 4 is 5.91 Å². The second-order valence-electron chi connectivity index (χ2n) is 4.75. The van der Waals surface area contributed by atoms with Crippen LogP contribution in [0.5, 0.6) is 5.75 Å². The van der Waals surface area contributed by atoms with Gasteiger partial charge in [0.15, 0.2) is 6.61 Å². The summed E-state index contributed by atoms with van der Waals surface area (Å²) in [5.41, 5.74) is 2.12. The van der Waals surface area contributed by atoms with Crippen molar-refractivity contribution in [1.29, 1.82) is 0 Å². The molecule has 0 bridgehead atoms. The molecule has 0 unspecified atom stereocenters. The highest BCUT2D eigenvalue weighted by molar-refractivity contribution is 5.77.